The summed E-state index contributed by atoms with van der Waals surface area (Å²) >= 11 is 1.67. The van der Waals surface area contributed by atoms with Gasteiger partial charge in [0.15, 0.2) is 0 Å². The highest BCUT2D eigenvalue weighted by Gasteiger charge is 2.10. The molecule has 116 valence electrons. The SMILES string of the molecule is CCCNc1nc(NCCS(=O)CC)c2cc(C)sc2n1. The molecule has 0 amide bonds. The van der Waals surface area contributed by atoms with Gasteiger partial charge < -0.3 is 10.6 Å². The van der Waals surface area contributed by atoms with Crippen molar-refractivity contribution in [3.05, 3.63) is 10.9 Å². The lowest BCUT2D eigenvalue weighted by Gasteiger charge is -2.09. The van der Waals surface area contributed by atoms with Gasteiger partial charge in [0, 0.05) is 40.3 Å². The second-order valence-electron chi connectivity index (χ2n) is 4.76. The second kappa shape index (κ2) is 7.70. The van der Waals surface area contributed by atoms with Gasteiger partial charge in [-0.15, -0.1) is 11.3 Å². The van der Waals surface area contributed by atoms with Crippen molar-refractivity contribution in [2.45, 2.75) is 27.2 Å². The topological polar surface area (TPSA) is 66.9 Å². The van der Waals surface area contributed by atoms with Crippen LogP contribution in [0.15, 0.2) is 6.07 Å². The molecule has 2 N–H and O–H groups in total. The van der Waals surface area contributed by atoms with Crippen LogP contribution < -0.4 is 10.6 Å². The van der Waals surface area contributed by atoms with Crippen LogP contribution in [0, 0.1) is 6.92 Å². The monoisotopic (exact) mass is 326 g/mol. The molecule has 0 spiro atoms. The first-order valence-electron chi connectivity index (χ1n) is 7.25. The fraction of sp³-hybridized carbons (Fsp3) is 0.571. The Hall–Kier alpha value is -1.21. The van der Waals surface area contributed by atoms with E-state index in [0.29, 0.717) is 24.0 Å². The molecule has 2 aromatic rings. The Balaban J connectivity index is 2.19. The van der Waals surface area contributed by atoms with Gasteiger partial charge in [-0.2, -0.15) is 4.98 Å². The Kier molecular flexibility index (Phi) is 5.93. The summed E-state index contributed by atoms with van der Waals surface area (Å²) in [5.41, 5.74) is 0. The zero-order chi connectivity index (χ0) is 15.2. The fourth-order valence-electron chi connectivity index (χ4n) is 1.92. The molecule has 0 aliphatic heterocycles. The van der Waals surface area contributed by atoms with Crippen LogP contribution in [0.1, 0.15) is 25.1 Å². The number of rotatable bonds is 8. The summed E-state index contributed by atoms with van der Waals surface area (Å²) in [6, 6.07) is 2.10. The van der Waals surface area contributed by atoms with Crippen LogP contribution in [-0.4, -0.2) is 38.8 Å². The molecule has 0 fully saturated rings. The minimum absolute atomic E-state index is 0.642. The zero-order valence-corrected chi connectivity index (χ0v) is 14.4. The van der Waals surface area contributed by atoms with Gasteiger partial charge in [-0.1, -0.05) is 13.8 Å². The molecule has 2 rings (SSSR count). The Morgan fingerprint density at radius 3 is 2.76 bits per heavy atom. The van der Waals surface area contributed by atoms with E-state index in [9.17, 15) is 4.21 Å². The van der Waals surface area contributed by atoms with Crippen molar-refractivity contribution >= 4 is 44.1 Å². The molecule has 2 aromatic heterocycles. The number of aromatic nitrogens is 2. The molecular formula is C14H22N4OS2. The van der Waals surface area contributed by atoms with Crippen molar-refractivity contribution in [1.82, 2.24) is 9.97 Å². The van der Waals surface area contributed by atoms with Crippen molar-refractivity contribution < 1.29 is 4.21 Å². The lowest BCUT2D eigenvalue weighted by Crippen LogP contribution is -2.14. The molecular weight excluding hydrogens is 304 g/mol. The van der Waals surface area contributed by atoms with Gasteiger partial charge in [0.1, 0.15) is 10.6 Å². The molecule has 2 heterocycles. The molecule has 0 aliphatic rings. The zero-order valence-electron chi connectivity index (χ0n) is 12.7. The minimum Gasteiger partial charge on any atom is -0.368 e. The molecule has 0 saturated carbocycles. The highest BCUT2D eigenvalue weighted by Crippen LogP contribution is 2.29. The summed E-state index contributed by atoms with van der Waals surface area (Å²) in [6.45, 7) is 7.64. The predicted octanol–water partition coefficient (Wildman–Crippen LogP) is 3.00. The number of fused-ring (bicyclic) bond motifs is 1. The van der Waals surface area contributed by atoms with Crippen molar-refractivity contribution in [2.24, 2.45) is 0 Å². The van der Waals surface area contributed by atoms with E-state index in [2.05, 4.69) is 40.5 Å². The smallest absolute Gasteiger partial charge is 0.226 e. The van der Waals surface area contributed by atoms with E-state index < -0.39 is 10.8 Å². The standard InChI is InChI=1S/C14H22N4OS2/c1-4-6-16-14-17-12(15-7-8-21(19)5-2)11-9-10(3)20-13(11)18-14/h9H,4-8H2,1-3H3,(H2,15,16,17,18). The number of thiophene rings is 1. The quantitative estimate of drug-likeness (QED) is 0.780. The molecule has 0 saturated heterocycles. The highest BCUT2D eigenvalue weighted by molar-refractivity contribution is 7.84. The third-order valence-electron chi connectivity index (χ3n) is 2.99. The first-order chi connectivity index (χ1) is 10.1. The molecule has 7 heteroatoms. The number of hydrogen-bond donors (Lipinski definition) is 2. The van der Waals surface area contributed by atoms with Crippen LogP contribution in [0.4, 0.5) is 11.8 Å². The van der Waals surface area contributed by atoms with E-state index in [1.807, 2.05) is 6.92 Å². The Morgan fingerprint density at radius 1 is 1.24 bits per heavy atom. The fourth-order valence-corrected chi connectivity index (χ4v) is 3.42. The second-order valence-corrected chi connectivity index (χ2v) is 7.86. The third kappa shape index (κ3) is 4.38. The molecule has 1 unspecified atom stereocenters. The summed E-state index contributed by atoms with van der Waals surface area (Å²) in [5.74, 6) is 2.83. The van der Waals surface area contributed by atoms with Gasteiger partial charge >= 0.3 is 0 Å². The van der Waals surface area contributed by atoms with Gasteiger partial charge in [0.2, 0.25) is 5.95 Å². The van der Waals surface area contributed by atoms with Crippen molar-refractivity contribution in [3.8, 4) is 0 Å². The first-order valence-corrected chi connectivity index (χ1v) is 9.55. The molecule has 1 atom stereocenters. The normalized spacial score (nSPS) is 12.5. The largest absolute Gasteiger partial charge is 0.368 e. The van der Waals surface area contributed by atoms with Crippen LogP contribution in [0.2, 0.25) is 0 Å². The maximum atomic E-state index is 11.5. The van der Waals surface area contributed by atoms with Crippen LogP contribution in [0.3, 0.4) is 0 Å². The van der Waals surface area contributed by atoms with E-state index in [1.54, 1.807) is 11.3 Å². The van der Waals surface area contributed by atoms with Crippen LogP contribution >= 0.6 is 11.3 Å². The average Bonchev–Trinajstić information content (AvgIpc) is 2.85. The van der Waals surface area contributed by atoms with E-state index in [1.165, 1.54) is 4.88 Å². The average molecular weight is 326 g/mol. The Labute approximate surface area is 132 Å². The van der Waals surface area contributed by atoms with E-state index in [0.717, 1.165) is 29.0 Å². The summed E-state index contributed by atoms with van der Waals surface area (Å²) in [7, 11) is -0.758. The van der Waals surface area contributed by atoms with Gasteiger partial charge in [0.05, 0.1) is 5.39 Å². The highest BCUT2D eigenvalue weighted by atomic mass is 32.2. The van der Waals surface area contributed by atoms with Crippen LogP contribution in [-0.2, 0) is 10.8 Å². The van der Waals surface area contributed by atoms with E-state index in [4.69, 9.17) is 0 Å². The number of nitrogens with zero attached hydrogens (tertiary/aromatic N) is 2. The van der Waals surface area contributed by atoms with Gasteiger partial charge in [-0.05, 0) is 19.4 Å². The van der Waals surface area contributed by atoms with Crippen molar-refractivity contribution in [1.29, 1.82) is 0 Å². The van der Waals surface area contributed by atoms with Crippen molar-refractivity contribution in [3.63, 3.8) is 0 Å². The van der Waals surface area contributed by atoms with E-state index in [-0.39, 0.29) is 0 Å². The van der Waals surface area contributed by atoms with Crippen molar-refractivity contribution in [2.75, 3.05) is 35.2 Å². The molecule has 0 bridgehead atoms. The lowest BCUT2D eigenvalue weighted by atomic mass is 10.3. The number of aryl methyl sites for hydroxylation is 1. The minimum atomic E-state index is -0.758. The van der Waals surface area contributed by atoms with E-state index >= 15 is 0 Å². The third-order valence-corrected chi connectivity index (χ3v) is 5.24. The lowest BCUT2D eigenvalue weighted by molar-refractivity contribution is 0.684. The Morgan fingerprint density at radius 2 is 2.05 bits per heavy atom. The first kappa shape index (κ1) is 16.2. The number of anilines is 2. The number of hydrogen-bond acceptors (Lipinski definition) is 6. The summed E-state index contributed by atoms with van der Waals surface area (Å²) < 4.78 is 11.5. The van der Waals surface area contributed by atoms with Gasteiger partial charge in [-0.3, -0.25) is 4.21 Å². The summed E-state index contributed by atoms with van der Waals surface area (Å²) in [5, 5.41) is 7.58. The Bertz CT molecular complexity index is 627. The molecule has 0 radical (unpaired) electrons. The van der Waals surface area contributed by atoms with Crippen LogP contribution in [0.5, 0.6) is 0 Å². The van der Waals surface area contributed by atoms with Gasteiger partial charge in [-0.25, -0.2) is 4.98 Å². The summed E-state index contributed by atoms with van der Waals surface area (Å²) in [6.07, 6.45) is 1.03. The predicted molar refractivity (Wildman–Crippen MR) is 93.0 cm³/mol. The summed E-state index contributed by atoms with van der Waals surface area (Å²) in [4.78, 5) is 11.3. The molecule has 5 nitrogen and oxygen atoms in total. The molecule has 0 aliphatic carbocycles. The molecule has 21 heavy (non-hydrogen) atoms. The maximum absolute atomic E-state index is 11.5. The maximum Gasteiger partial charge on any atom is 0.226 e. The number of nitrogens with one attached hydrogen (secondary N) is 2. The van der Waals surface area contributed by atoms with Gasteiger partial charge in [0.25, 0.3) is 0 Å². The van der Waals surface area contributed by atoms with Crippen LogP contribution in [0.25, 0.3) is 10.2 Å². The molecule has 0 aromatic carbocycles.